The van der Waals surface area contributed by atoms with Crippen LogP contribution in [0.15, 0.2) is 60.8 Å². The molecule has 0 aromatic carbocycles. The van der Waals surface area contributed by atoms with E-state index in [9.17, 15) is 14.4 Å². The molecule has 0 saturated carbocycles. The van der Waals surface area contributed by atoms with Gasteiger partial charge in [0, 0.05) is 19.3 Å². The fourth-order valence-electron chi connectivity index (χ4n) is 10.9. The van der Waals surface area contributed by atoms with Crippen LogP contribution in [-0.4, -0.2) is 37.2 Å². The highest BCUT2D eigenvalue weighted by atomic mass is 16.6. The number of hydrogen-bond donors (Lipinski definition) is 0. The first-order valence-corrected chi connectivity index (χ1v) is 36.3. The SMILES string of the molecule is CC/C=C\C/C=C\C/C=C\C/C=C\C/C=C\CCCCCCCCCCCCCCCCCCCCCC(=O)OCC(COC(=O)CCCCCCCCCCCCC)OC(=O)CCCCCCCCCCCCCCCCCCCC. The summed E-state index contributed by atoms with van der Waals surface area (Å²) in [5, 5.41) is 0. The van der Waals surface area contributed by atoms with Gasteiger partial charge in [0.25, 0.3) is 0 Å². The standard InChI is InChI=1S/C76H138O6/c1-4-7-10-13-16-19-22-24-26-28-30-31-32-33-34-35-36-37-38-39-40-41-42-43-44-45-46-48-49-51-54-57-60-63-66-69-75(78)81-72-73(71-80-74(77)68-65-62-59-56-53-21-18-15-12-9-6-3)82-76(79)70-67-64-61-58-55-52-50-47-29-27-25-23-20-17-14-11-8-5-2/h7,10,16,19,24,26,30-31,33-34,73H,4-6,8-9,11-15,17-18,20-23,25,27-29,32,35-72H2,1-3H3/b10-7-,19-16-,26-24-,31-30-,34-33-. The van der Waals surface area contributed by atoms with Crippen molar-refractivity contribution in [1.82, 2.24) is 0 Å². The van der Waals surface area contributed by atoms with E-state index in [-0.39, 0.29) is 31.1 Å². The number of carbonyl (C=O) groups excluding carboxylic acids is 3. The van der Waals surface area contributed by atoms with Crippen LogP contribution in [0, 0.1) is 0 Å². The van der Waals surface area contributed by atoms with E-state index < -0.39 is 6.10 Å². The van der Waals surface area contributed by atoms with E-state index in [4.69, 9.17) is 14.2 Å². The second kappa shape index (κ2) is 70.6. The van der Waals surface area contributed by atoms with Gasteiger partial charge in [0.05, 0.1) is 0 Å². The number of hydrogen-bond acceptors (Lipinski definition) is 6. The molecule has 1 unspecified atom stereocenters. The van der Waals surface area contributed by atoms with E-state index in [1.54, 1.807) is 0 Å². The molecule has 0 aromatic heterocycles. The maximum atomic E-state index is 12.9. The zero-order valence-corrected chi connectivity index (χ0v) is 55.0. The van der Waals surface area contributed by atoms with Crippen molar-refractivity contribution in [2.24, 2.45) is 0 Å². The molecule has 0 heterocycles. The summed E-state index contributed by atoms with van der Waals surface area (Å²) in [5.74, 6) is -0.837. The summed E-state index contributed by atoms with van der Waals surface area (Å²) < 4.78 is 17.0. The fraction of sp³-hybridized carbons (Fsp3) is 0.829. The summed E-state index contributed by atoms with van der Waals surface area (Å²) >= 11 is 0. The lowest BCUT2D eigenvalue weighted by molar-refractivity contribution is -0.167. The molecule has 1 atom stereocenters. The fourth-order valence-corrected chi connectivity index (χ4v) is 10.9. The molecule has 6 heteroatoms. The van der Waals surface area contributed by atoms with E-state index in [0.717, 1.165) is 89.9 Å². The van der Waals surface area contributed by atoms with Gasteiger partial charge < -0.3 is 14.2 Å². The largest absolute Gasteiger partial charge is 0.462 e. The summed E-state index contributed by atoms with van der Waals surface area (Å²) in [4.78, 5) is 38.4. The summed E-state index contributed by atoms with van der Waals surface area (Å²) in [6, 6.07) is 0. The van der Waals surface area contributed by atoms with Crippen LogP contribution in [0.1, 0.15) is 387 Å². The van der Waals surface area contributed by atoms with Crippen molar-refractivity contribution in [3.8, 4) is 0 Å². The Kier molecular flexibility index (Phi) is 68.1. The Balaban J connectivity index is 4.07. The molecule has 0 aromatic rings. The Morgan fingerprint density at radius 1 is 0.256 bits per heavy atom. The monoisotopic (exact) mass is 1150 g/mol. The lowest BCUT2D eigenvalue weighted by Crippen LogP contribution is -2.30. The Morgan fingerprint density at radius 2 is 0.476 bits per heavy atom. The highest BCUT2D eigenvalue weighted by molar-refractivity contribution is 5.71. The van der Waals surface area contributed by atoms with E-state index in [0.29, 0.717) is 19.3 Å². The lowest BCUT2D eigenvalue weighted by atomic mass is 10.0. The average molecular weight is 1150 g/mol. The van der Waals surface area contributed by atoms with Crippen LogP contribution in [-0.2, 0) is 28.6 Å². The maximum absolute atomic E-state index is 12.9. The van der Waals surface area contributed by atoms with Crippen molar-refractivity contribution in [2.75, 3.05) is 13.2 Å². The van der Waals surface area contributed by atoms with Gasteiger partial charge in [-0.05, 0) is 64.2 Å². The minimum Gasteiger partial charge on any atom is -0.462 e. The third kappa shape index (κ3) is 67.9. The zero-order chi connectivity index (χ0) is 59.2. The van der Waals surface area contributed by atoms with E-state index in [1.165, 1.54) is 257 Å². The molecular formula is C76H138O6. The van der Waals surface area contributed by atoms with Crippen LogP contribution in [0.2, 0.25) is 0 Å². The molecule has 0 N–H and O–H groups in total. The number of rotatable bonds is 67. The maximum Gasteiger partial charge on any atom is 0.306 e. The van der Waals surface area contributed by atoms with Gasteiger partial charge in [-0.1, -0.05) is 364 Å². The van der Waals surface area contributed by atoms with Gasteiger partial charge >= 0.3 is 17.9 Å². The predicted molar refractivity (Wildman–Crippen MR) is 358 cm³/mol. The van der Waals surface area contributed by atoms with Gasteiger partial charge in [0.2, 0.25) is 0 Å². The van der Waals surface area contributed by atoms with Crippen LogP contribution in [0.4, 0.5) is 0 Å². The second-order valence-electron chi connectivity index (χ2n) is 24.5. The summed E-state index contributed by atoms with van der Waals surface area (Å²) in [7, 11) is 0. The van der Waals surface area contributed by atoms with Crippen molar-refractivity contribution in [3.63, 3.8) is 0 Å². The number of unbranched alkanes of at least 4 members (excludes halogenated alkanes) is 46. The lowest BCUT2D eigenvalue weighted by Gasteiger charge is -2.18. The number of ether oxygens (including phenoxy) is 3. The van der Waals surface area contributed by atoms with Crippen LogP contribution in [0.25, 0.3) is 0 Å². The first-order valence-electron chi connectivity index (χ1n) is 36.3. The second-order valence-corrected chi connectivity index (χ2v) is 24.5. The van der Waals surface area contributed by atoms with Crippen LogP contribution in [0.3, 0.4) is 0 Å². The molecule has 6 nitrogen and oxygen atoms in total. The summed E-state index contributed by atoms with van der Waals surface area (Å²) in [6.07, 6.45) is 91.3. The van der Waals surface area contributed by atoms with E-state index in [2.05, 4.69) is 81.5 Å². The van der Waals surface area contributed by atoms with Crippen LogP contribution < -0.4 is 0 Å². The van der Waals surface area contributed by atoms with E-state index in [1.807, 2.05) is 0 Å². The first kappa shape index (κ1) is 79.1. The van der Waals surface area contributed by atoms with Gasteiger partial charge in [0.1, 0.15) is 13.2 Å². The normalized spacial score (nSPS) is 12.4. The molecule has 478 valence electrons. The minimum atomic E-state index is -0.768. The molecule has 0 aliphatic carbocycles. The van der Waals surface area contributed by atoms with Gasteiger partial charge in [-0.3, -0.25) is 14.4 Å². The number of allylic oxidation sites excluding steroid dienone is 10. The van der Waals surface area contributed by atoms with Gasteiger partial charge in [-0.25, -0.2) is 0 Å². The highest BCUT2D eigenvalue weighted by Gasteiger charge is 2.19. The van der Waals surface area contributed by atoms with Crippen molar-refractivity contribution < 1.29 is 28.6 Å². The molecule has 0 radical (unpaired) electrons. The molecule has 0 aliphatic heterocycles. The molecule has 82 heavy (non-hydrogen) atoms. The van der Waals surface area contributed by atoms with Gasteiger partial charge in [-0.15, -0.1) is 0 Å². The van der Waals surface area contributed by atoms with Crippen molar-refractivity contribution in [1.29, 1.82) is 0 Å². The Hall–Kier alpha value is -2.89. The molecule has 0 saturated heterocycles. The van der Waals surface area contributed by atoms with Crippen LogP contribution in [0.5, 0.6) is 0 Å². The van der Waals surface area contributed by atoms with Crippen LogP contribution >= 0.6 is 0 Å². The summed E-state index contributed by atoms with van der Waals surface area (Å²) in [5.41, 5.74) is 0. The minimum absolute atomic E-state index is 0.0655. The molecule has 0 rings (SSSR count). The smallest absolute Gasteiger partial charge is 0.306 e. The molecular weight excluding hydrogens is 1010 g/mol. The highest BCUT2D eigenvalue weighted by Crippen LogP contribution is 2.19. The van der Waals surface area contributed by atoms with Crippen molar-refractivity contribution in [3.05, 3.63) is 60.8 Å². The Labute approximate surface area is 510 Å². The zero-order valence-electron chi connectivity index (χ0n) is 55.0. The van der Waals surface area contributed by atoms with Crippen molar-refractivity contribution in [2.45, 2.75) is 393 Å². The number of carbonyl (C=O) groups is 3. The number of esters is 3. The quantitative estimate of drug-likeness (QED) is 0.0261. The Morgan fingerprint density at radius 3 is 0.744 bits per heavy atom. The molecule has 0 bridgehead atoms. The summed E-state index contributed by atoms with van der Waals surface area (Å²) in [6.45, 7) is 6.59. The molecule has 0 aliphatic rings. The first-order chi connectivity index (χ1) is 40.5. The van der Waals surface area contributed by atoms with Gasteiger partial charge in [0.15, 0.2) is 6.10 Å². The topological polar surface area (TPSA) is 78.9 Å². The third-order valence-corrected chi connectivity index (χ3v) is 16.3. The van der Waals surface area contributed by atoms with E-state index >= 15 is 0 Å². The average Bonchev–Trinajstić information content (AvgIpc) is 3.47. The third-order valence-electron chi connectivity index (χ3n) is 16.3. The Bertz CT molecular complexity index is 1460. The van der Waals surface area contributed by atoms with Crippen molar-refractivity contribution >= 4 is 17.9 Å². The molecule has 0 fully saturated rings. The molecule has 0 amide bonds. The predicted octanol–water partition coefficient (Wildman–Crippen LogP) is 25.1. The van der Waals surface area contributed by atoms with Gasteiger partial charge in [-0.2, -0.15) is 0 Å². The molecule has 0 spiro atoms.